The van der Waals surface area contributed by atoms with Crippen LogP contribution in [0.2, 0.25) is 0 Å². The topological polar surface area (TPSA) is 15.3 Å². The zero-order valence-corrected chi connectivity index (χ0v) is 9.79. The number of hydrogen-bond donors (Lipinski definition) is 1. The largest absolute Gasteiger partial charge is 0.317 e. The van der Waals surface area contributed by atoms with Crippen LogP contribution in [0.1, 0.15) is 39.5 Å². The highest BCUT2D eigenvalue weighted by atomic mass is 15.2. The Labute approximate surface area is 88.1 Å². The average Bonchev–Trinajstić information content (AvgIpc) is 2.10. The van der Waals surface area contributed by atoms with Crippen LogP contribution in [-0.4, -0.2) is 36.6 Å². The van der Waals surface area contributed by atoms with Gasteiger partial charge in [0.05, 0.1) is 0 Å². The predicted octanol–water partition coefficient (Wildman–Crippen LogP) is 1.86. The third-order valence-electron chi connectivity index (χ3n) is 4.53. The van der Waals surface area contributed by atoms with Crippen LogP contribution < -0.4 is 5.32 Å². The van der Waals surface area contributed by atoms with Crippen LogP contribution >= 0.6 is 0 Å². The molecule has 2 fully saturated rings. The molecule has 3 atom stereocenters. The second kappa shape index (κ2) is 4.19. The lowest BCUT2D eigenvalue weighted by molar-refractivity contribution is 0.0177. The van der Waals surface area contributed by atoms with Crippen LogP contribution in [0.4, 0.5) is 0 Å². The standard InChI is InChI=1S/C12H24N2/c1-9-10(2)14(11-5-4-6-11)8-7-12(9)13-3/h9-13H,4-8H2,1-3H3. The van der Waals surface area contributed by atoms with Gasteiger partial charge in [-0.05, 0) is 39.2 Å². The summed E-state index contributed by atoms with van der Waals surface area (Å²) < 4.78 is 0. The third kappa shape index (κ3) is 1.70. The zero-order chi connectivity index (χ0) is 10.1. The van der Waals surface area contributed by atoms with Crippen molar-refractivity contribution in [2.24, 2.45) is 5.92 Å². The van der Waals surface area contributed by atoms with Gasteiger partial charge in [0.15, 0.2) is 0 Å². The van der Waals surface area contributed by atoms with E-state index in [-0.39, 0.29) is 0 Å². The normalized spacial score (nSPS) is 40.9. The maximum Gasteiger partial charge on any atom is 0.0117 e. The molecule has 0 bridgehead atoms. The van der Waals surface area contributed by atoms with Crippen molar-refractivity contribution < 1.29 is 0 Å². The van der Waals surface area contributed by atoms with Crippen molar-refractivity contribution in [2.45, 2.75) is 57.7 Å². The minimum atomic E-state index is 0.737. The summed E-state index contributed by atoms with van der Waals surface area (Å²) >= 11 is 0. The predicted molar refractivity (Wildman–Crippen MR) is 60.4 cm³/mol. The smallest absolute Gasteiger partial charge is 0.0117 e. The summed E-state index contributed by atoms with van der Waals surface area (Å²) in [6, 6.07) is 2.43. The van der Waals surface area contributed by atoms with Gasteiger partial charge >= 0.3 is 0 Å². The molecule has 2 heteroatoms. The molecule has 3 unspecified atom stereocenters. The quantitative estimate of drug-likeness (QED) is 0.725. The number of piperidine rings is 1. The van der Waals surface area contributed by atoms with Crippen LogP contribution in [0.3, 0.4) is 0 Å². The van der Waals surface area contributed by atoms with E-state index < -0.39 is 0 Å². The van der Waals surface area contributed by atoms with Crippen LogP contribution in [0.25, 0.3) is 0 Å². The average molecular weight is 196 g/mol. The van der Waals surface area contributed by atoms with Gasteiger partial charge in [-0.3, -0.25) is 4.90 Å². The molecule has 2 nitrogen and oxygen atoms in total. The Balaban J connectivity index is 1.95. The van der Waals surface area contributed by atoms with Crippen molar-refractivity contribution in [1.82, 2.24) is 10.2 Å². The van der Waals surface area contributed by atoms with E-state index in [9.17, 15) is 0 Å². The van der Waals surface area contributed by atoms with Gasteiger partial charge in [0.25, 0.3) is 0 Å². The molecule has 0 aromatic carbocycles. The first kappa shape index (κ1) is 10.4. The second-order valence-corrected chi connectivity index (χ2v) is 5.11. The molecule has 0 aromatic rings. The Hall–Kier alpha value is -0.0800. The fourth-order valence-electron chi connectivity index (χ4n) is 3.03. The molecule has 0 aromatic heterocycles. The van der Waals surface area contributed by atoms with Crippen molar-refractivity contribution in [1.29, 1.82) is 0 Å². The maximum atomic E-state index is 3.45. The Bertz CT molecular complexity index is 189. The highest BCUT2D eigenvalue weighted by Crippen LogP contribution is 2.32. The van der Waals surface area contributed by atoms with Crippen molar-refractivity contribution in [3.8, 4) is 0 Å². The Morgan fingerprint density at radius 1 is 1.14 bits per heavy atom. The van der Waals surface area contributed by atoms with Crippen LogP contribution in [0.5, 0.6) is 0 Å². The van der Waals surface area contributed by atoms with Gasteiger partial charge in [-0.2, -0.15) is 0 Å². The third-order valence-corrected chi connectivity index (χ3v) is 4.53. The number of nitrogens with one attached hydrogen (secondary N) is 1. The van der Waals surface area contributed by atoms with E-state index in [1.54, 1.807) is 0 Å². The van der Waals surface area contributed by atoms with Crippen LogP contribution in [-0.2, 0) is 0 Å². The summed E-state index contributed by atoms with van der Waals surface area (Å²) in [6.07, 6.45) is 5.68. The molecule has 1 saturated heterocycles. The number of rotatable bonds is 2. The van der Waals surface area contributed by atoms with Gasteiger partial charge in [-0.1, -0.05) is 13.3 Å². The summed E-state index contributed by atoms with van der Waals surface area (Å²) in [5.41, 5.74) is 0. The van der Waals surface area contributed by atoms with E-state index in [0.717, 1.165) is 24.0 Å². The Kier molecular flexibility index (Phi) is 3.13. The monoisotopic (exact) mass is 196 g/mol. The molecule has 82 valence electrons. The second-order valence-electron chi connectivity index (χ2n) is 5.11. The lowest BCUT2D eigenvalue weighted by Gasteiger charge is -2.49. The van der Waals surface area contributed by atoms with Gasteiger partial charge in [-0.15, -0.1) is 0 Å². The van der Waals surface area contributed by atoms with E-state index in [0.29, 0.717) is 0 Å². The molecule has 0 amide bonds. The summed E-state index contributed by atoms with van der Waals surface area (Å²) in [7, 11) is 2.10. The van der Waals surface area contributed by atoms with Crippen molar-refractivity contribution >= 4 is 0 Å². The lowest BCUT2D eigenvalue weighted by atomic mass is 9.82. The highest BCUT2D eigenvalue weighted by molar-refractivity contribution is 4.93. The van der Waals surface area contributed by atoms with E-state index in [2.05, 4.69) is 31.1 Å². The first-order chi connectivity index (χ1) is 6.74. The van der Waals surface area contributed by atoms with Gasteiger partial charge < -0.3 is 5.32 Å². The molecule has 1 aliphatic carbocycles. The molecule has 0 radical (unpaired) electrons. The van der Waals surface area contributed by atoms with Gasteiger partial charge in [-0.25, -0.2) is 0 Å². The molecule has 1 aliphatic heterocycles. The van der Waals surface area contributed by atoms with E-state index in [4.69, 9.17) is 0 Å². The maximum absolute atomic E-state index is 3.45. The van der Waals surface area contributed by atoms with E-state index in [1.165, 1.54) is 32.2 Å². The lowest BCUT2D eigenvalue weighted by Crippen LogP contribution is -2.57. The number of likely N-dealkylation sites (tertiary alicyclic amines) is 1. The molecular formula is C12H24N2. The number of hydrogen-bond acceptors (Lipinski definition) is 2. The van der Waals surface area contributed by atoms with Crippen LogP contribution in [0.15, 0.2) is 0 Å². The molecule has 1 N–H and O–H groups in total. The zero-order valence-electron chi connectivity index (χ0n) is 9.79. The van der Waals surface area contributed by atoms with Gasteiger partial charge in [0.2, 0.25) is 0 Å². The van der Waals surface area contributed by atoms with E-state index in [1.807, 2.05) is 0 Å². The molecule has 2 aliphatic rings. The summed E-state index contributed by atoms with van der Waals surface area (Å²) in [6.45, 7) is 6.12. The number of nitrogens with zero attached hydrogens (tertiary/aromatic N) is 1. The first-order valence-corrected chi connectivity index (χ1v) is 6.17. The Morgan fingerprint density at radius 3 is 2.36 bits per heavy atom. The summed E-state index contributed by atoms with van der Waals surface area (Å²) in [5, 5.41) is 3.45. The SMILES string of the molecule is CNC1CCN(C2CCC2)C(C)C1C. The van der Waals surface area contributed by atoms with Crippen molar-refractivity contribution in [3.05, 3.63) is 0 Å². The Morgan fingerprint density at radius 2 is 1.86 bits per heavy atom. The van der Waals surface area contributed by atoms with Crippen molar-refractivity contribution in [3.63, 3.8) is 0 Å². The highest BCUT2D eigenvalue weighted by Gasteiger charge is 2.36. The molecular weight excluding hydrogens is 172 g/mol. The van der Waals surface area contributed by atoms with Gasteiger partial charge in [0, 0.05) is 24.7 Å². The molecule has 1 saturated carbocycles. The first-order valence-electron chi connectivity index (χ1n) is 6.17. The fourth-order valence-corrected chi connectivity index (χ4v) is 3.03. The molecule has 14 heavy (non-hydrogen) atoms. The molecule has 0 spiro atoms. The summed E-state index contributed by atoms with van der Waals surface area (Å²) in [4.78, 5) is 2.75. The van der Waals surface area contributed by atoms with Crippen molar-refractivity contribution in [2.75, 3.05) is 13.6 Å². The van der Waals surface area contributed by atoms with Gasteiger partial charge in [0.1, 0.15) is 0 Å². The fraction of sp³-hybridized carbons (Fsp3) is 1.00. The van der Waals surface area contributed by atoms with Crippen LogP contribution in [0, 0.1) is 5.92 Å². The van der Waals surface area contributed by atoms with E-state index >= 15 is 0 Å². The molecule has 1 heterocycles. The minimum Gasteiger partial charge on any atom is -0.317 e. The summed E-state index contributed by atoms with van der Waals surface area (Å²) in [5.74, 6) is 0.800. The molecule has 2 rings (SSSR count). The minimum absolute atomic E-state index is 0.737.